The van der Waals surface area contributed by atoms with Crippen molar-refractivity contribution in [2.45, 2.75) is 33.2 Å². The number of furan rings is 1. The summed E-state index contributed by atoms with van der Waals surface area (Å²) >= 11 is 0. The third-order valence-electron chi connectivity index (χ3n) is 3.26. The molecule has 112 valence electrons. The highest BCUT2D eigenvalue weighted by Gasteiger charge is 2.13. The highest BCUT2D eigenvalue weighted by Crippen LogP contribution is 2.16. The number of amides is 1. The lowest BCUT2D eigenvalue weighted by Crippen LogP contribution is -2.26. The van der Waals surface area contributed by atoms with Gasteiger partial charge in [0.2, 0.25) is 0 Å². The molecule has 4 nitrogen and oxygen atoms in total. The summed E-state index contributed by atoms with van der Waals surface area (Å²) in [6, 6.07) is 11.1. The van der Waals surface area contributed by atoms with Crippen molar-refractivity contribution in [2.75, 3.05) is 11.9 Å². The molecule has 0 saturated heterocycles. The van der Waals surface area contributed by atoms with Crippen molar-refractivity contribution in [3.05, 3.63) is 53.5 Å². The molecule has 1 aromatic carbocycles. The lowest BCUT2D eigenvalue weighted by atomic mass is 10.1. The van der Waals surface area contributed by atoms with E-state index in [0.717, 1.165) is 30.2 Å². The Kier molecular flexibility index (Phi) is 5.04. The molecule has 1 aromatic heterocycles. The molecular weight excluding hydrogens is 264 g/mol. The second kappa shape index (κ2) is 6.97. The zero-order valence-electron chi connectivity index (χ0n) is 12.8. The van der Waals surface area contributed by atoms with Gasteiger partial charge in [-0.1, -0.05) is 6.92 Å². The SMILES string of the molecule is CCCNc1ccc(C(=O)NC(C)c2ccc(C)o2)cc1. The summed E-state index contributed by atoms with van der Waals surface area (Å²) in [5.41, 5.74) is 1.68. The van der Waals surface area contributed by atoms with Crippen LogP contribution < -0.4 is 10.6 Å². The molecule has 1 amide bonds. The van der Waals surface area contributed by atoms with E-state index in [2.05, 4.69) is 17.6 Å². The minimum atomic E-state index is -0.149. The fraction of sp³-hybridized carbons (Fsp3) is 0.353. The standard InChI is InChI=1S/C17H22N2O2/c1-4-11-18-15-8-6-14(7-9-15)17(20)19-13(3)16-10-5-12(2)21-16/h5-10,13,18H,4,11H2,1-3H3,(H,19,20). The minimum Gasteiger partial charge on any atom is -0.464 e. The number of benzene rings is 1. The molecule has 0 saturated carbocycles. The monoisotopic (exact) mass is 286 g/mol. The Balaban J connectivity index is 1.96. The molecule has 1 heterocycles. The van der Waals surface area contributed by atoms with Crippen molar-refractivity contribution >= 4 is 11.6 Å². The first kappa shape index (κ1) is 15.2. The van der Waals surface area contributed by atoms with Gasteiger partial charge in [0.1, 0.15) is 11.5 Å². The molecule has 1 atom stereocenters. The molecule has 0 aliphatic carbocycles. The van der Waals surface area contributed by atoms with Crippen molar-refractivity contribution in [1.82, 2.24) is 5.32 Å². The molecule has 0 aliphatic heterocycles. The predicted molar refractivity (Wildman–Crippen MR) is 84.5 cm³/mol. The maximum atomic E-state index is 12.2. The maximum Gasteiger partial charge on any atom is 0.251 e. The summed E-state index contributed by atoms with van der Waals surface area (Å²) in [6.45, 7) is 6.85. The summed E-state index contributed by atoms with van der Waals surface area (Å²) in [7, 11) is 0. The first-order valence-electron chi connectivity index (χ1n) is 7.31. The van der Waals surface area contributed by atoms with E-state index >= 15 is 0 Å². The van der Waals surface area contributed by atoms with Gasteiger partial charge in [-0.3, -0.25) is 4.79 Å². The first-order valence-corrected chi connectivity index (χ1v) is 7.31. The van der Waals surface area contributed by atoms with E-state index < -0.39 is 0 Å². The van der Waals surface area contributed by atoms with Crippen molar-refractivity contribution in [3.63, 3.8) is 0 Å². The Morgan fingerprint density at radius 2 is 1.90 bits per heavy atom. The van der Waals surface area contributed by atoms with Gasteiger partial charge in [-0.15, -0.1) is 0 Å². The van der Waals surface area contributed by atoms with E-state index in [4.69, 9.17) is 4.42 Å². The number of rotatable bonds is 6. The first-order chi connectivity index (χ1) is 10.1. The van der Waals surface area contributed by atoms with Gasteiger partial charge in [0, 0.05) is 17.8 Å². The number of nitrogens with one attached hydrogen (secondary N) is 2. The molecule has 0 aliphatic rings. The smallest absolute Gasteiger partial charge is 0.251 e. The van der Waals surface area contributed by atoms with E-state index in [-0.39, 0.29) is 11.9 Å². The van der Waals surface area contributed by atoms with Crippen LogP contribution in [0.1, 0.15) is 48.2 Å². The zero-order valence-corrected chi connectivity index (χ0v) is 12.8. The lowest BCUT2D eigenvalue weighted by molar-refractivity contribution is 0.0935. The van der Waals surface area contributed by atoms with E-state index in [1.165, 1.54) is 0 Å². The third-order valence-corrected chi connectivity index (χ3v) is 3.26. The van der Waals surface area contributed by atoms with Crippen LogP contribution in [0.25, 0.3) is 0 Å². The van der Waals surface area contributed by atoms with E-state index in [0.29, 0.717) is 5.56 Å². The fourth-order valence-corrected chi connectivity index (χ4v) is 2.05. The minimum absolute atomic E-state index is 0.0985. The number of anilines is 1. The highest BCUT2D eigenvalue weighted by molar-refractivity contribution is 5.94. The fourth-order valence-electron chi connectivity index (χ4n) is 2.05. The van der Waals surface area contributed by atoms with E-state index in [1.54, 1.807) is 0 Å². The molecule has 4 heteroatoms. The van der Waals surface area contributed by atoms with Crippen LogP contribution in [0.5, 0.6) is 0 Å². The lowest BCUT2D eigenvalue weighted by Gasteiger charge is -2.12. The van der Waals surface area contributed by atoms with Crippen LogP contribution in [0.3, 0.4) is 0 Å². The molecule has 0 bridgehead atoms. The maximum absolute atomic E-state index is 12.2. The van der Waals surface area contributed by atoms with Gasteiger partial charge >= 0.3 is 0 Å². The second-order valence-corrected chi connectivity index (χ2v) is 5.15. The van der Waals surface area contributed by atoms with Gasteiger partial charge in [0.15, 0.2) is 0 Å². The van der Waals surface area contributed by atoms with Crippen LogP contribution in [0.15, 0.2) is 40.8 Å². The Hall–Kier alpha value is -2.23. The predicted octanol–water partition coefficient (Wildman–Crippen LogP) is 3.90. The van der Waals surface area contributed by atoms with Gasteiger partial charge in [0.05, 0.1) is 6.04 Å². The summed E-state index contributed by atoms with van der Waals surface area (Å²) in [6.07, 6.45) is 1.07. The second-order valence-electron chi connectivity index (χ2n) is 5.15. The molecule has 0 spiro atoms. The zero-order chi connectivity index (χ0) is 15.2. The summed E-state index contributed by atoms with van der Waals surface area (Å²) in [5, 5.41) is 6.22. The van der Waals surface area contributed by atoms with Crippen molar-refractivity contribution in [3.8, 4) is 0 Å². The van der Waals surface area contributed by atoms with Crippen LogP contribution in [0.4, 0.5) is 5.69 Å². The van der Waals surface area contributed by atoms with Crippen molar-refractivity contribution < 1.29 is 9.21 Å². The Bertz CT molecular complexity index is 587. The third kappa shape index (κ3) is 4.12. The molecule has 21 heavy (non-hydrogen) atoms. The Labute approximate surface area is 125 Å². The number of carbonyl (C=O) groups is 1. The van der Waals surface area contributed by atoms with Crippen LogP contribution in [0.2, 0.25) is 0 Å². The largest absolute Gasteiger partial charge is 0.464 e. The topological polar surface area (TPSA) is 54.3 Å². The molecule has 2 aromatic rings. The quantitative estimate of drug-likeness (QED) is 0.846. The molecule has 0 radical (unpaired) electrons. The molecular formula is C17H22N2O2. The molecule has 2 rings (SSSR count). The summed E-state index contributed by atoms with van der Waals surface area (Å²) in [4.78, 5) is 12.2. The van der Waals surface area contributed by atoms with Gasteiger partial charge in [0.25, 0.3) is 5.91 Å². The van der Waals surface area contributed by atoms with Gasteiger partial charge in [-0.05, 0) is 56.7 Å². The van der Waals surface area contributed by atoms with Crippen molar-refractivity contribution in [1.29, 1.82) is 0 Å². The number of carbonyl (C=O) groups excluding carboxylic acids is 1. The molecule has 1 unspecified atom stereocenters. The summed E-state index contributed by atoms with van der Waals surface area (Å²) in [5.74, 6) is 1.51. The highest BCUT2D eigenvalue weighted by atomic mass is 16.3. The number of hydrogen-bond acceptors (Lipinski definition) is 3. The van der Waals surface area contributed by atoms with Crippen molar-refractivity contribution in [2.24, 2.45) is 0 Å². The van der Waals surface area contributed by atoms with Crippen LogP contribution in [-0.2, 0) is 0 Å². The Morgan fingerprint density at radius 1 is 1.19 bits per heavy atom. The summed E-state index contributed by atoms with van der Waals surface area (Å²) < 4.78 is 5.52. The van der Waals surface area contributed by atoms with Gasteiger partial charge in [-0.2, -0.15) is 0 Å². The normalized spacial score (nSPS) is 12.0. The van der Waals surface area contributed by atoms with E-state index in [1.807, 2.05) is 50.2 Å². The van der Waals surface area contributed by atoms with E-state index in [9.17, 15) is 4.79 Å². The van der Waals surface area contributed by atoms with Crippen LogP contribution in [-0.4, -0.2) is 12.5 Å². The number of hydrogen-bond donors (Lipinski definition) is 2. The number of aryl methyl sites for hydroxylation is 1. The van der Waals surface area contributed by atoms with Crippen LogP contribution >= 0.6 is 0 Å². The molecule has 2 N–H and O–H groups in total. The van der Waals surface area contributed by atoms with Gasteiger partial charge in [-0.25, -0.2) is 0 Å². The average molecular weight is 286 g/mol. The average Bonchev–Trinajstić information content (AvgIpc) is 2.92. The Morgan fingerprint density at radius 3 is 2.48 bits per heavy atom. The van der Waals surface area contributed by atoms with Gasteiger partial charge < -0.3 is 15.1 Å². The molecule has 0 fully saturated rings. The van der Waals surface area contributed by atoms with Crippen LogP contribution in [0, 0.1) is 6.92 Å².